The molecular weight excluding hydrogens is 256 g/mol. The third-order valence-electron chi connectivity index (χ3n) is 2.78. The molecule has 0 unspecified atom stereocenters. The molecule has 0 saturated heterocycles. The molecule has 1 N–H and O–H groups in total. The van der Waals surface area contributed by atoms with E-state index >= 15 is 0 Å². The Morgan fingerprint density at radius 1 is 1.40 bits per heavy atom. The second-order valence-corrected chi connectivity index (χ2v) is 4.94. The van der Waals surface area contributed by atoms with E-state index in [1.165, 1.54) is 5.56 Å². The molecule has 1 aliphatic rings. The first-order chi connectivity index (χ1) is 7.16. The van der Waals surface area contributed by atoms with Gasteiger partial charge in [0.25, 0.3) is 0 Å². The van der Waals surface area contributed by atoms with Crippen LogP contribution >= 0.6 is 15.9 Å². The number of hydrogen-bond donors (Lipinski definition) is 1. The Morgan fingerprint density at radius 3 is 2.80 bits per heavy atom. The molecule has 0 bridgehead atoms. The summed E-state index contributed by atoms with van der Waals surface area (Å²) < 4.78 is 6.74. The Balaban J connectivity index is 2.10. The van der Waals surface area contributed by atoms with Crippen LogP contribution in [0.25, 0.3) is 0 Å². The van der Waals surface area contributed by atoms with E-state index in [9.17, 15) is 5.11 Å². The van der Waals surface area contributed by atoms with Gasteiger partial charge in [-0.2, -0.15) is 0 Å². The van der Waals surface area contributed by atoms with Crippen LogP contribution in [0.3, 0.4) is 0 Å². The Morgan fingerprint density at radius 2 is 2.20 bits per heavy atom. The third-order valence-corrected chi connectivity index (χ3v) is 3.40. The van der Waals surface area contributed by atoms with Crippen molar-refractivity contribution < 1.29 is 9.84 Å². The number of aliphatic hydroxyl groups excluding tert-OH is 1. The lowest BCUT2D eigenvalue weighted by atomic mass is 10.2. The molecule has 0 amide bonds. The summed E-state index contributed by atoms with van der Waals surface area (Å²) in [6.45, 7) is 2.04. The quantitative estimate of drug-likeness (QED) is 0.895. The highest BCUT2D eigenvalue weighted by molar-refractivity contribution is 9.10. The molecule has 0 spiro atoms. The van der Waals surface area contributed by atoms with Crippen molar-refractivity contribution in [1.29, 1.82) is 0 Å². The van der Waals surface area contributed by atoms with Crippen molar-refractivity contribution in [2.45, 2.75) is 38.4 Å². The molecule has 2 nitrogen and oxygen atoms in total. The fourth-order valence-electron chi connectivity index (χ4n) is 1.91. The van der Waals surface area contributed by atoms with Crippen LogP contribution in [0, 0.1) is 6.92 Å². The Kier molecular flexibility index (Phi) is 3.32. The highest BCUT2D eigenvalue weighted by Gasteiger charge is 2.27. The summed E-state index contributed by atoms with van der Waals surface area (Å²) in [6.07, 6.45) is 2.51. The molecule has 2 rings (SSSR count). The molecule has 2 atom stereocenters. The van der Waals surface area contributed by atoms with Gasteiger partial charge >= 0.3 is 0 Å². The van der Waals surface area contributed by atoms with Gasteiger partial charge < -0.3 is 9.84 Å². The van der Waals surface area contributed by atoms with E-state index in [1.54, 1.807) is 0 Å². The van der Waals surface area contributed by atoms with Crippen molar-refractivity contribution in [2.24, 2.45) is 0 Å². The molecule has 0 radical (unpaired) electrons. The van der Waals surface area contributed by atoms with Crippen LogP contribution in [0.15, 0.2) is 22.7 Å². The molecule has 1 aromatic rings. The van der Waals surface area contributed by atoms with Gasteiger partial charge in [0.1, 0.15) is 11.9 Å². The number of aliphatic hydroxyl groups is 1. The van der Waals surface area contributed by atoms with Gasteiger partial charge in [-0.15, -0.1) is 0 Å². The molecule has 0 aliphatic heterocycles. The Bertz CT molecular complexity index is 351. The molecule has 1 aliphatic carbocycles. The van der Waals surface area contributed by atoms with Crippen molar-refractivity contribution in [1.82, 2.24) is 0 Å². The molecule has 0 heterocycles. The fourth-order valence-corrected chi connectivity index (χ4v) is 2.50. The lowest BCUT2D eigenvalue weighted by Crippen LogP contribution is -2.25. The molecule has 15 heavy (non-hydrogen) atoms. The maximum absolute atomic E-state index is 9.66. The second-order valence-electron chi connectivity index (χ2n) is 4.09. The number of benzene rings is 1. The summed E-state index contributed by atoms with van der Waals surface area (Å²) in [4.78, 5) is 0. The second kappa shape index (κ2) is 4.54. The zero-order valence-electron chi connectivity index (χ0n) is 8.74. The van der Waals surface area contributed by atoms with E-state index in [0.717, 1.165) is 29.5 Å². The molecule has 1 aromatic carbocycles. The summed E-state index contributed by atoms with van der Waals surface area (Å²) in [7, 11) is 0. The standard InChI is InChI=1S/C12H15BrO2/c1-8-5-6-11(9(13)7-8)15-12-4-2-3-10(12)14/h5-7,10,12,14H,2-4H2,1H3/t10-,12-/m1/s1. The molecule has 1 fully saturated rings. The molecule has 0 aromatic heterocycles. The summed E-state index contributed by atoms with van der Waals surface area (Å²) >= 11 is 3.47. The lowest BCUT2D eigenvalue weighted by Gasteiger charge is -2.18. The van der Waals surface area contributed by atoms with Gasteiger partial charge in [-0.25, -0.2) is 0 Å². The average Bonchev–Trinajstić information content (AvgIpc) is 2.57. The van der Waals surface area contributed by atoms with Crippen molar-refractivity contribution >= 4 is 15.9 Å². The zero-order valence-corrected chi connectivity index (χ0v) is 10.3. The number of ether oxygens (including phenoxy) is 1. The van der Waals surface area contributed by atoms with Crippen molar-refractivity contribution in [3.8, 4) is 5.75 Å². The third kappa shape index (κ3) is 2.52. The molecule has 1 saturated carbocycles. The van der Waals surface area contributed by atoms with Crippen LogP contribution in [-0.4, -0.2) is 17.3 Å². The first-order valence-electron chi connectivity index (χ1n) is 5.27. The van der Waals surface area contributed by atoms with Crippen LogP contribution in [0.4, 0.5) is 0 Å². The van der Waals surface area contributed by atoms with Crippen LogP contribution < -0.4 is 4.74 Å². The van der Waals surface area contributed by atoms with Crippen LogP contribution in [-0.2, 0) is 0 Å². The largest absolute Gasteiger partial charge is 0.487 e. The molecule has 82 valence electrons. The first-order valence-corrected chi connectivity index (χ1v) is 6.07. The number of rotatable bonds is 2. The minimum atomic E-state index is -0.307. The predicted octanol–water partition coefficient (Wildman–Crippen LogP) is 3.05. The van der Waals surface area contributed by atoms with E-state index < -0.39 is 0 Å². The lowest BCUT2D eigenvalue weighted by molar-refractivity contribution is 0.0599. The Hall–Kier alpha value is -0.540. The minimum Gasteiger partial charge on any atom is -0.487 e. The van der Waals surface area contributed by atoms with Gasteiger partial charge in [0.2, 0.25) is 0 Å². The molecule has 3 heteroatoms. The van der Waals surface area contributed by atoms with E-state index in [1.807, 2.05) is 25.1 Å². The summed E-state index contributed by atoms with van der Waals surface area (Å²) in [5, 5.41) is 9.66. The normalized spacial score (nSPS) is 25.5. The summed E-state index contributed by atoms with van der Waals surface area (Å²) in [6, 6.07) is 5.99. The van der Waals surface area contributed by atoms with Gasteiger partial charge in [-0.05, 0) is 59.8 Å². The van der Waals surface area contributed by atoms with Crippen molar-refractivity contribution in [2.75, 3.05) is 0 Å². The topological polar surface area (TPSA) is 29.5 Å². The summed E-state index contributed by atoms with van der Waals surface area (Å²) in [5.41, 5.74) is 1.20. The minimum absolute atomic E-state index is 0.0380. The average molecular weight is 271 g/mol. The smallest absolute Gasteiger partial charge is 0.134 e. The monoisotopic (exact) mass is 270 g/mol. The van der Waals surface area contributed by atoms with Crippen LogP contribution in [0.2, 0.25) is 0 Å². The van der Waals surface area contributed by atoms with E-state index in [2.05, 4.69) is 15.9 Å². The number of aryl methyl sites for hydroxylation is 1. The highest BCUT2D eigenvalue weighted by Crippen LogP contribution is 2.30. The van der Waals surface area contributed by atoms with E-state index in [-0.39, 0.29) is 12.2 Å². The SMILES string of the molecule is Cc1ccc(O[C@@H]2CCC[C@H]2O)c(Br)c1. The van der Waals surface area contributed by atoms with E-state index in [4.69, 9.17) is 4.74 Å². The maximum atomic E-state index is 9.66. The Labute approximate surface area is 98.4 Å². The first kappa shape index (κ1) is 11.0. The van der Waals surface area contributed by atoms with Crippen molar-refractivity contribution in [3.63, 3.8) is 0 Å². The number of halogens is 1. The van der Waals surface area contributed by atoms with Gasteiger partial charge in [-0.3, -0.25) is 0 Å². The fraction of sp³-hybridized carbons (Fsp3) is 0.500. The highest BCUT2D eigenvalue weighted by atomic mass is 79.9. The van der Waals surface area contributed by atoms with Crippen molar-refractivity contribution in [3.05, 3.63) is 28.2 Å². The van der Waals surface area contributed by atoms with Gasteiger partial charge in [0.15, 0.2) is 0 Å². The van der Waals surface area contributed by atoms with Crippen LogP contribution in [0.5, 0.6) is 5.75 Å². The van der Waals surface area contributed by atoms with Crippen LogP contribution in [0.1, 0.15) is 24.8 Å². The van der Waals surface area contributed by atoms with Gasteiger partial charge in [-0.1, -0.05) is 6.07 Å². The zero-order chi connectivity index (χ0) is 10.8. The summed E-state index contributed by atoms with van der Waals surface area (Å²) in [5.74, 6) is 0.826. The van der Waals surface area contributed by atoms with E-state index in [0.29, 0.717) is 0 Å². The number of hydrogen-bond acceptors (Lipinski definition) is 2. The van der Waals surface area contributed by atoms with Gasteiger partial charge in [0, 0.05) is 0 Å². The van der Waals surface area contributed by atoms with Gasteiger partial charge in [0.05, 0.1) is 10.6 Å². The molecular formula is C12H15BrO2. The maximum Gasteiger partial charge on any atom is 0.134 e. The predicted molar refractivity (Wildman–Crippen MR) is 63.2 cm³/mol.